The van der Waals surface area contributed by atoms with Crippen LogP contribution in [0.4, 0.5) is 0 Å². The largest absolute Gasteiger partial charge is 0.421 e. The van der Waals surface area contributed by atoms with E-state index in [-0.39, 0.29) is 5.57 Å². The molecule has 0 aliphatic carbocycles. The summed E-state index contributed by atoms with van der Waals surface area (Å²) in [4.78, 5) is 23.6. The SMILES string of the molecule is C=CC(OC(C)=O)OC(=O)C(C#N)=C(c1ccccc1)c1ccccc1. The number of ether oxygens (including phenoxy) is 2. The van der Waals surface area contributed by atoms with Crippen molar-refractivity contribution in [3.8, 4) is 6.07 Å². The second-order valence-corrected chi connectivity index (χ2v) is 5.21. The molecule has 0 saturated heterocycles. The van der Waals surface area contributed by atoms with Crippen LogP contribution in [-0.2, 0) is 19.1 Å². The lowest BCUT2D eigenvalue weighted by atomic mass is 9.93. The van der Waals surface area contributed by atoms with Crippen LogP contribution in [0.3, 0.4) is 0 Å². The first kappa shape index (κ1) is 18.7. The van der Waals surface area contributed by atoms with Crippen LogP contribution in [0.15, 0.2) is 78.9 Å². The Labute approximate surface area is 151 Å². The highest BCUT2D eigenvalue weighted by molar-refractivity contribution is 6.05. The fraction of sp³-hybridized carbons (Fsp3) is 0.0952. The number of benzene rings is 2. The highest BCUT2D eigenvalue weighted by Crippen LogP contribution is 2.27. The van der Waals surface area contributed by atoms with Crippen LogP contribution >= 0.6 is 0 Å². The number of carbonyl (C=O) groups excluding carboxylic acids is 2. The molecule has 0 bridgehead atoms. The summed E-state index contributed by atoms with van der Waals surface area (Å²) >= 11 is 0. The molecule has 0 aromatic heterocycles. The molecule has 0 amide bonds. The summed E-state index contributed by atoms with van der Waals surface area (Å²) in [5.41, 5.74) is 1.62. The summed E-state index contributed by atoms with van der Waals surface area (Å²) in [6.07, 6.45) is -0.102. The van der Waals surface area contributed by atoms with E-state index in [0.717, 1.165) is 0 Å². The zero-order valence-corrected chi connectivity index (χ0v) is 14.2. The molecule has 1 unspecified atom stereocenters. The van der Waals surface area contributed by atoms with Crippen molar-refractivity contribution in [3.05, 3.63) is 90.0 Å². The van der Waals surface area contributed by atoms with Crippen LogP contribution in [0, 0.1) is 11.3 Å². The van der Waals surface area contributed by atoms with E-state index < -0.39 is 18.2 Å². The van der Waals surface area contributed by atoms with Gasteiger partial charge in [0.05, 0.1) is 0 Å². The first-order valence-corrected chi connectivity index (χ1v) is 7.82. The Bertz CT molecular complexity index is 822. The summed E-state index contributed by atoms with van der Waals surface area (Å²) in [5.74, 6) is -1.53. The van der Waals surface area contributed by atoms with Crippen LogP contribution in [0.2, 0.25) is 0 Å². The van der Waals surface area contributed by atoms with Gasteiger partial charge in [-0.2, -0.15) is 5.26 Å². The number of nitrogens with zero attached hydrogens (tertiary/aromatic N) is 1. The van der Waals surface area contributed by atoms with Crippen LogP contribution in [0.1, 0.15) is 18.1 Å². The average Bonchev–Trinajstić information content (AvgIpc) is 2.66. The summed E-state index contributed by atoms with van der Waals surface area (Å²) in [5, 5.41) is 9.61. The second kappa shape index (κ2) is 9.00. The Hall–Kier alpha value is -3.65. The molecule has 2 aromatic carbocycles. The third kappa shape index (κ3) is 4.68. The van der Waals surface area contributed by atoms with E-state index in [4.69, 9.17) is 9.47 Å². The lowest BCUT2D eigenvalue weighted by Gasteiger charge is -2.15. The fourth-order valence-corrected chi connectivity index (χ4v) is 2.32. The molecular weight excluding hydrogens is 330 g/mol. The van der Waals surface area contributed by atoms with Crippen LogP contribution < -0.4 is 0 Å². The van der Waals surface area contributed by atoms with Crippen LogP contribution in [0.5, 0.6) is 0 Å². The molecule has 5 heteroatoms. The minimum Gasteiger partial charge on any atom is -0.421 e. The van der Waals surface area contributed by atoms with Gasteiger partial charge >= 0.3 is 11.9 Å². The van der Waals surface area contributed by atoms with Crippen molar-refractivity contribution in [2.24, 2.45) is 0 Å². The predicted octanol–water partition coefficient (Wildman–Crippen LogP) is 3.63. The zero-order chi connectivity index (χ0) is 18.9. The topological polar surface area (TPSA) is 76.4 Å². The summed E-state index contributed by atoms with van der Waals surface area (Å²) in [6, 6.07) is 20.0. The smallest absolute Gasteiger partial charge is 0.352 e. The van der Waals surface area contributed by atoms with Crippen molar-refractivity contribution in [1.82, 2.24) is 0 Å². The van der Waals surface area contributed by atoms with E-state index in [2.05, 4.69) is 6.58 Å². The molecule has 2 rings (SSSR count). The van der Waals surface area contributed by atoms with Crippen molar-refractivity contribution in [2.45, 2.75) is 13.2 Å². The van der Waals surface area contributed by atoms with Gasteiger partial charge in [-0.05, 0) is 17.2 Å². The molecule has 26 heavy (non-hydrogen) atoms. The third-order valence-electron chi connectivity index (χ3n) is 3.39. The van der Waals surface area contributed by atoms with E-state index >= 15 is 0 Å². The lowest BCUT2D eigenvalue weighted by Crippen LogP contribution is -2.22. The van der Waals surface area contributed by atoms with Crippen molar-refractivity contribution >= 4 is 17.5 Å². The predicted molar refractivity (Wildman–Crippen MR) is 96.4 cm³/mol. The van der Waals surface area contributed by atoms with Gasteiger partial charge in [-0.25, -0.2) is 4.79 Å². The molecule has 130 valence electrons. The Morgan fingerprint density at radius 3 is 1.88 bits per heavy atom. The number of nitriles is 1. The number of esters is 2. The van der Waals surface area contributed by atoms with Gasteiger partial charge in [0.1, 0.15) is 11.6 Å². The Kier molecular flexibility index (Phi) is 6.47. The van der Waals surface area contributed by atoms with Gasteiger partial charge < -0.3 is 9.47 Å². The summed E-state index contributed by atoms with van der Waals surface area (Å²) < 4.78 is 9.93. The minimum absolute atomic E-state index is 0.193. The van der Waals surface area contributed by atoms with E-state index in [1.54, 1.807) is 24.3 Å². The summed E-state index contributed by atoms with van der Waals surface area (Å²) in [6.45, 7) is 4.65. The number of carbonyl (C=O) groups is 2. The van der Waals surface area contributed by atoms with E-state index in [1.807, 2.05) is 42.5 Å². The fourth-order valence-electron chi connectivity index (χ4n) is 2.32. The van der Waals surface area contributed by atoms with Crippen molar-refractivity contribution in [2.75, 3.05) is 0 Å². The summed E-state index contributed by atoms with van der Waals surface area (Å²) in [7, 11) is 0. The first-order chi connectivity index (χ1) is 12.6. The van der Waals surface area contributed by atoms with Crippen molar-refractivity contribution in [1.29, 1.82) is 5.26 Å². The van der Waals surface area contributed by atoms with E-state index in [9.17, 15) is 14.9 Å². The van der Waals surface area contributed by atoms with Crippen LogP contribution in [-0.4, -0.2) is 18.2 Å². The molecule has 5 nitrogen and oxygen atoms in total. The zero-order valence-electron chi connectivity index (χ0n) is 14.2. The minimum atomic E-state index is -1.27. The van der Waals surface area contributed by atoms with Gasteiger partial charge in [0.15, 0.2) is 0 Å². The van der Waals surface area contributed by atoms with E-state index in [0.29, 0.717) is 16.7 Å². The quantitative estimate of drug-likeness (QED) is 0.262. The molecule has 0 spiro atoms. The number of rotatable bonds is 6. The van der Waals surface area contributed by atoms with Gasteiger partial charge in [-0.3, -0.25) is 4.79 Å². The molecular formula is C21H17NO4. The van der Waals surface area contributed by atoms with Crippen molar-refractivity contribution < 1.29 is 19.1 Å². The maximum absolute atomic E-state index is 12.6. The van der Waals surface area contributed by atoms with Gasteiger partial charge in [0, 0.05) is 12.5 Å². The number of hydrogen-bond acceptors (Lipinski definition) is 5. The second-order valence-electron chi connectivity index (χ2n) is 5.21. The lowest BCUT2D eigenvalue weighted by molar-refractivity contribution is -0.174. The molecule has 0 heterocycles. The molecule has 2 aromatic rings. The molecule has 1 atom stereocenters. The molecule has 0 radical (unpaired) electrons. The van der Waals surface area contributed by atoms with Gasteiger partial charge in [0.2, 0.25) is 0 Å². The molecule has 0 aliphatic rings. The molecule has 0 saturated carbocycles. The highest BCUT2D eigenvalue weighted by atomic mass is 16.7. The standard InChI is InChI=1S/C21H17NO4/c1-3-19(25-15(2)23)26-21(24)18(14-22)20(16-10-6-4-7-11-16)17-12-8-5-9-13-17/h3-13,19H,1H2,2H3. The average molecular weight is 347 g/mol. The van der Waals surface area contributed by atoms with Gasteiger partial charge in [0.25, 0.3) is 6.29 Å². The molecule has 0 fully saturated rings. The third-order valence-corrected chi connectivity index (χ3v) is 3.39. The highest BCUT2D eigenvalue weighted by Gasteiger charge is 2.23. The maximum atomic E-state index is 12.6. The first-order valence-electron chi connectivity index (χ1n) is 7.82. The van der Waals surface area contributed by atoms with Crippen LogP contribution in [0.25, 0.3) is 5.57 Å². The van der Waals surface area contributed by atoms with Gasteiger partial charge in [-0.1, -0.05) is 67.2 Å². The Morgan fingerprint density at radius 1 is 1.00 bits per heavy atom. The monoisotopic (exact) mass is 347 g/mol. The van der Waals surface area contributed by atoms with Crippen molar-refractivity contribution in [3.63, 3.8) is 0 Å². The molecule has 0 N–H and O–H groups in total. The van der Waals surface area contributed by atoms with Gasteiger partial charge in [-0.15, -0.1) is 0 Å². The van der Waals surface area contributed by atoms with E-state index in [1.165, 1.54) is 13.0 Å². The maximum Gasteiger partial charge on any atom is 0.352 e. The normalized spacial score (nSPS) is 10.8. The Balaban J connectivity index is 2.52. The Morgan fingerprint density at radius 2 is 1.50 bits per heavy atom. The number of hydrogen-bond donors (Lipinski definition) is 0. The molecule has 0 aliphatic heterocycles.